The number of aryl methyl sites for hydroxylation is 5. The molecular formula is C48H48N4O4. The fraction of sp³-hybridized carbons (Fsp3) is 0.250. The lowest BCUT2D eigenvalue weighted by Crippen LogP contribution is -2.31. The van der Waals surface area contributed by atoms with E-state index < -0.39 is 0 Å². The Labute approximate surface area is 328 Å². The van der Waals surface area contributed by atoms with Crippen molar-refractivity contribution in [2.45, 2.75) is 52.4 Å². The fourth-order valence-electron chi connectivity index (χ4n) is 8.09. The summed E-state index contributed by atoms with van der Waals surface area (Å²) in [6.07, 6.45) is 7.94. The molecule has 0 N–H and O–H groups in total. The van der Waals surface area contributed by atoms with Crippen LogP contribution in [0.15, 0.2) is 119 Å². The molecule has 0 fully saturated rings. The van der Waals surface area contributed by atoms with Crippen LogP contribution in [0.5, 0.6) is 0 Å². The number of hydrogen-bond acceptors (Lipinski definition) is 4. The maximum atomic E-state index is 12.2. The Morgan fingerprint density at radius 3 is 1.61 bits per heavy atom. The summed E-state index contributed by atoms with van der Waals surface area (Å²) >= 11 is 0. The summed E-state index contributed by atoms with van der Waals surface area (Å²) in [6, 6.07) is 33.1. The molecule has 284 valence electrons. The highest BCUT2D eigenvalue weighted by Gasteiger charge is 2.26. The average molecular weight is 745 g/mol. The quantitative estimate of drug-likeness (QED) is 0.175. The summed E-state index contributed by atoms with van der Waals surface area (Å²) < 4.78 is 3.29. The highest BCUT2D eigenvalue weighted by molar-refractivity contribution is 5.97. The molecule has 2 aromatic heterocycles. The predicted molar refractivity (Wildman–Crippen MR) is 226 cm³/mol. The van der Waals surface area contributed by atoms with Gasteiger partial charge >= 0.3 is 0 Å². The summed E-state index contributed by atoms with van der Waals surface area (Å²) in [5.74, 6) is 0.313. The number of carbonyl (C=O) groups excluding carboxylic acids is 2. The molecule has 56 heavy (non-hydrogen) atoms. The minimum Gasteiger partial charge on any atom is -0.318 e. The number of aromatic nitrogens is 2. The van der Waals surface area contributed by atoms with Crippen molar-refractivity contribution in [2.24, 2.45) is 14.1 Å². The third-order valence-electron chi connectivity index (χ3n) is 11.2. The first-order chi connectivity index (χ1) is 26.9. The largest absolute Gasteiger partial charge is 0.318 e. The number of pyridine rings is 2. The van der Waals surface area contributed by atoms with Gasteiger partial charge in [-0.3, -0.25) is 19.2 Å². The molecule has 0 saturated carbocycles. The minimum absolute atomic E-state index is 0.0247. The Hall–Kier alpha value is -6.28. The molecule has 0 spiro atoms. The van der Waals surface area contributed by atoms with E-state index in [1.165, 1.54) is 27.8 Å². The number of anilines is 2. The van der Waals surface area contributed by atoms with E-state index in [2.05, 4.69) is 54.6 Å². The Bertz CT molecular complexity index is 2460. The molecule has 8 nitrogen and oxygen atoms in total. The van der Waals surface area contributed by atoms with Crippen LogP contribution in [0.2, 0.25) is 0 Å². The van der Waals surface area contributed by atoms with Crippen molar-refractivity contribution in [1.29, 1.82) is 0 Å². The van der Waals surface area contributed by atoms with Gasteiger partial charge in [0, 0.05) is 75.9 Å². The van der Waals surface area contributed by atoms with Crippen molar-refractivity contribution in [1.82, 2.24) is 9.13 Å². The van der Waals surface area contributed by atoms with E-state index in [0.29, 0.717) is 12.8 Å². The predicted octanol–water partition coefficient (Wildman–Crippen LogP) is 7.72. The Balaban J connectivity index is 0.000000172. The zero-order valence-corrected chi connectivity index (χ0v) is 33.1. The SMILES string of the molecule is Cc1cc(-c2cc3c(cc2Cc2ccccc2)N(C)C(=O)CC3)cn(C)c1=O.Cc1cc(-c2ccc3c(c2Cc2ccccc2)CCC(=O)N3C)cn(C)c1=O. The van der Waals surface area contributed by atoms with Gasteiger partial charge in [-0.1, -0.05) is 66.7 Å². The lowest BCUT2D eigenvalue weighted by atomic mass is 9.86. The summed E-state index contributed by atoms with van der Waals surface area (Å²) in [7, 11) is 7.28. The van der Waals surface area contributed by atoms with Gasteiger partial charge < -0.3 is 18.9 Å². The maximum Gasteiger partial charge on any atom is 0.253 e. The van der Waals surface area contributed by atoms with E-state index in [4.69, 9.17) is 0 Å². The van der Waals surface area contributed by atoms with Gasteiger partial charge in [0.15, 0.2) is 0 Å². The van der Waals surface area contributed by atoms with Crippen LogP contribution in [0.1, 0.15) is 57.3 Å². The highest BCUT2D eigenvalue weighted by atomic mass is 16.2. The normalized spacial score (nSPS) is 13.5. The summed E-state index contributed by atoms with van der Waals surface area (Å²) in [5.41, 5.74) is 15.1. The van der Waals surface area contributed by atoms with Gasteiger partial charge in [-0.2, -0.15) is 0 Å². The molecule has 0 unspecified atom stereocenters. The first-order valence-electron chi connectivity index (χ1n) is 19.2. The molecule has 2 aliphatic rings. The number of carbonyl (C=O) groups is 2. The number of amides is 2. The van der Waals surface area contributed by atoms with E-state index in [9.17, 15) is 19.2 Å². The van der Waals surface area contributed by atoms with Gasteiger partial charge in [-0.05, 0) is 125 Å². The number of nitrogens with zero attached hydrogens (tertiary/aromatic N) is 4. The van der Waals surface area contributed by atoms with Crippen molar-refractivity contribution in [2.75, 3.05) is 23.9 Å². The topological polar surface area (TPSA) is 84.6 Å². The molecule has 0 atom stereocenters. The molecule has 2 aliphatic heterocycles. The molecule has 0 radical (unpaired) electrons. The molecular weight excluding hydrogens is 697 g/mol. The molecule has 8 heteroatoms. The lowest BCUT2D eigenvalue weighted by molar-refractivity contribution is -0.119. The minimum atomic E-state index is 0.0247. The Morgan fingerprint density at radius 1 is 0.518 bits per heavy atom. The van der Waals surface area contributed by atoms with E-state index in [1.807, 2.05) is 82.8 Å². The highest BCUT2D eigenvalue weighted by Crippen LogP contribution is 2.38. The van der Waals surface area contributed by atoms with E-state index in [1.54, 1.807) is 33.0 Å². The summed E-state index contributed by atoms with van der Waals surface area (Å²) in [4.78, 5) is 52.2. The second-order valence-corrected chi connectivity index (χ2v) is 15.1. The Morgan fingerprint density at radius 2 is 1.04 bits per heavy atom. The van der Waals surface area contributed by atoms with Crippen LogP contribution >= 0.6 is 0 Å². The second-order valence-electron chi connectivity index (χ2n) is 15.1. The fourth-order valence-corrected chi connectivity index (χ4v) is 8.09. The van der Waals surface area contributed by atoms with Gasteiger partial charge in [0.05, 0.1) is 0 Å². The van der Waals surface area contributed by atoms with Crippen molar-refractivity contribution < 1.29 is 9.59 Å². The third kappa shape index (κ3) is 7.65. The van der Waals surface area contributed by atoms with Gasteiger partial charge in [0.2, 0.25) is 11.8 Å². The van der Waals surface area contributed by atoms with Crippen LogP contribution in [-0.4, -0.2) is 35.0 Å². The second kappa shape index (κ2) is 15.8. The molecule has 0 bridgehead atoms. The van der Waals surface area contributed by atoms with Crippen molar-refractivity contribution in [3.63, 3.8) is 0 Å². The van der Waals surface area contributed by atoms with Crippen LogP contribution in [-0.2, 0) is 49.4 Å². The van der Waals surface area contributed by atoms with Gasteiger partial charge in [-0.25, -0.2) is 0 Å². The van der Waals surface area contributed by atoms with Crippen LogP contribution in [0.3, 0.4) is 0 Å². The molecule has 0 aliphatic carbocycles. The monoisotopic (exact) mass is 744 g/mol. The van der Waals surface area contributed by atoms with Crippen LogP contribution in [0, 0.1) is 13.8 Å². The summed E-state index contributed by atoms with van der Waals surface area (Å²) in [5, 5.41) is 0. The number of benzene rings is 4. The van der Waals surface area contributed by atoms with Crippen molar-refractivity contribution in [3.8, 4) is 22.3 Å². The summed E-state index contributed by atoms with van der Waals surface area (Å²) in [6.45, 7) is 3.71. The zero-order valence-electron chi connectivity index (χ0n) is 33.1. The Kier molecular flexibility index (Phi) is 10.7. The number of rotatable bonds is 6. The first-order valence-corrected chi connectivity index (χ1v) is 19.2. The van der Waals surface area contributed by atoms with E-state index in [-0.39, 0.29) is 22.9 Å². The molecule has 8 rings (SSSR count). The van der Waals surface area contributed by atoms with Crippen LogP contribution in [0.4, 0.5) is 11.4 Å². The van der Waals surface area contributed by atoms with Crippen LogP contribution < -0.4 is 20.9 Å². The molecule has 2 amide bonds. The third-order valence-corrected chi connectivity index (χ3v) is 11.2. The standard InChI is InChI=1S/2C24H24N2O2/c1-16-13-18(15-25(2)24(16)28)19-9-11-22-20(10-12-23(27)26(22)3)21(19)14-17-7-5-4-6-8-17;1-16-11-20(15-25(2)24(16)28)21-13-18-9-10-23(27)26(3)22(18)14-19(21)12-17-7-5-4-6-8-17/h4-9,11,13,15H,10,12,14H2,1-3H3;4-8,11,13-15H,9-10,12H2,1-3H3. The van der Waals surface area contributed by atoms with E-state index in [0.717, 1.165) is 76.0 Å². The molecule has 4 aromatic carbocycles. The van der Waals surface area contributed by atoms with Gasteiger partial charge in [0.1, 0.15) is 0 Å². The van der Waals surface area contributed by atoms with Gasteiger partial charge in [0.25, 0.3) is 11.1 Å². The first kappa shape index (κ1) is 38.0. The number of fused-ring (bicyclic) bond motifs is 2. The smallest absolute Gasteiger partial charge is 0.253 e. The average Bonchev–Trinajstić information content (AvgIpc) is 3.19. The lowest BCUT2D eigenvalue weighted by Gasteiger charge is -2.29. The maximum absolute atomic E-state index is 12.2. The van der Waals surface area contributed by atoms with Crippen molar-refractivity contribution in [3.05, 3.63) is 175 Å². The number of hydrogen-bond donors (Lipinski definition) is 0. The molecule has 4 heterocycles. The zero-order chi connectivity index (χ0) is 39.7. The van der Waals surface area contributed by atoms with Crippen LogP contribution in [0.25, 0.3) is 22.3 Å². The van der Waals surface area contributed by atoms with Crippen molar-refractivity contribution >= 4 is 23.2 Å². The van der Waals surface area contributed by atoms with E-state index >= 15 is 0 Å². The van der Waals surface area contributed by atoms with Gasteiger partial charge in [-0.15, -0.1) is 0 Å². The molecule has 0 saturated heterocycles. The molecule has 6 aromatic rings.